The van der Waals surface area contributed by atoms with Gasteiger partial charge in [-0.15, -0.1) is 0 Å². The summed E-state index contributed by atoms with van der Waals surface area (Å²) in [5, 5.41) is 12.0. The third-order valence-electron chi connectivity index (χ3n) is 7.23. The molecule has 1 aliphatic rings. The fourth-order valence-corrected chi connectivity index (χ4v) is 5.33. The summed E-state index contributed by atoms with van der Waals surface area (Å²) in [5.41, 5.74) is 5.06. The second-order valence-electron chi connectivity index (χ2n) is 9.54. The van der Waals surface area contributed by atoms with Crippen molar-refractivity contribution in [3.63, 3.8) is 0 Å². The van der Waals surface area contributed by atoms with Crippen molar-refractivity contribution in [2.24, 2.45) is 5.92 Å². The number of aromatic nitrogens is 1. The highest BCUT2D eigenvalue weighted by Gasteiger charge is 2.24. The minimum Gasteiger partial charge on any atom is -0.481 e. The molecular weight excluding hydrogens is 426 g/mol. The highest BCUT2D eigenvalue weighted by Crippen LogP contribution is 2.33. The number of furan rings is 1. The number of carbonyl (C=O) groups excluding carboxylic acids is 1. The second-order valence-corrected chi connectivity index (χ2v) is 9.54. The Bertz CT molecular complexity index is 1330. The number of benzene rings is 2. The highest BCUT2D eigenvalue weighted by molar-refractivity contribution is 6.01. The molecule has 0 saturated carbocycles. The van der Waals surface area contributed by atoms with Crippen LogP contribution < -0.4 is 0 Å². The number of hydrogen-bond donors (Lipinski definition) is 2. The smallest absolute Gasteiger partial charge is 0.306 e. The van der Waals surface area contributed by atoms with E-state index in [2.05, 4.69) is 29.4 Å². The molecule has 0 bridgehead atoms. The predicted octanol–water partition coefficient (Wildman–Crippen LogP) is 6.87. The fraction of sp³-hybridized carbons (Fsp3) is 0.379. The lowest BCUT2D eigenvalue weighted by Crippen LogP contribution is -2.18. The summed E-state index contributed by atoms with van der Waals surface area (Å²) < 4.78 is 5.94. The molecule has 5 nitrogen and oxygen atoms in total. The molecule has 5 rings (SSSR count). The molecule has 5 heteroatoms. The first-order chi connectivity index (χ1) is 16.6. The van der Waals surface area contributed by atoms with Gasteiger partial charge in [0, 0.05) is 46.5 Å². The Hall–Kier alpha value is -3.34. The first-order valence-corrected chi connectivity index (χ1v) is 12.5. The number of carbonyl (C=O) groups is 2. The lowest BCUT2D eigenvalue weighted by molar-refractivity contribution is -0.141. The van der Waals surface area contributed by atoms with Gasteiger partial charge < -0.3 is 14.5 Å². The summed E-state index contributed by atoms with van der Waals surface area (Å²) in [6, 6.07) is 13.9. The van der Waals surface area contributed by atoms with Crippen LogP contribution in [0.5, 0.6) is 0 Å². The molecule has 1 aliphatic carbocycles. The maximum Gasteiger partial charge on any atom is 0.306 e. The van der Waals surface area contributed by atoms with Crippen LogP contribution in [0, 0.1) is 5.92 Å². The van der Waals surface area contributed by atoms with Gasteiger partial charge in [0.15, 0.2) is 5.78 Å². The fourth-order valence-electron chi connectivity index (χ4n) is 5.33. The van der Waals surface area contributed by atoms with Crippen LogP contribution in [0.2, 0.25) is 0 Å². The zero-order valence-corrected chi connectivity index (χ0v) is 19.4. The summed E-state index contributed by atoms with van der Waals surface area (Å²) in [6.07, 6.45) is 10.7. The van der Waals surface area contributed by atoms with Crippen molar-refractivity contribution < 1.29 is 19.1 Å². The first kappa shape index (κ1) is 22.5. The van der Waals surface area contributed by atoms with Gasteiger partial charge in [0.2, 0.25) is 0 Å². The summed E-state index contributed by atoms with van der Waals surface area (Å²) in [6.45, 7) is 0. The van der Waals surface area contributed by atoms with Crippen LogP contribution in [0.1, 0.15) is 72.2 Å². The number of unbranched alkanes of at least 4 members (excludes halogenated alkanes) is 3. The number of carboxylic acids is 1. The Labute approximate surface area is 199 Å². The van der Waals surface area contributed by atoms with E-state index < -0.39 is 11.9 Å². The monoisotopic (exact) mass is 457 g/mol. The Balaban J connectivity index is 1.10. The molecule has 0 saturated heterocycles. The Kier molecular flexibility index (Phi) is 6.52. The molecule has 0 fully saturated rings. The Morgan fingerprint density at radius 1 is 1.00 bits per heavy atom. The summed E-state index contributed by atoms with van der Waals surface area (Å²) in [7, 11) is 0. The van der Waals surface area contributed by atoms with E-state index in [0.29, 0.717) is 12.0 Å². The Morgan fingerprint density at radius 2 is 1.85 bits per heavy atom. The van der Waals surface area contributed by atoms with Crippen molar-refractivity contribution >= 4 is 33.6 Å². The van der Waals surface area contributed by atoms with Crippen LogP contribution >= 0.6 is 0 Å². The number of ketones is 1. The number of Topliss-reactive ketones (excluding diaryl/α,β-unsaturated/α-hetero) is 1. The van der Waals surface area contributed by atoms with E-state index in [1.54, 1.807) is 6.07 Å². The molecule has 0 aliphatic heterocycles. The van der Waals surface area contributed by atoms with Gasteiger partial charge in [0.05, 0.1) is 5.92 Å². The van der Waals surface area contributed by atoms with Gasteiger partial charge in [0.25, 0.3) is 0 Å². The average molecular weight is 458 g/mol. The third-order valence-corrected chi connectivity index (χ3v) is 7.23. The SMILES string of the molecule is O=C(C[C@H](CCCCCCc1c[nH]c2ccccc12)C(=O)O)c1ccc2c3c(oc2c1)CCC3. The lowest BCUT2D eigenvalue weighted by Gasteiger charge is -2.11. The molecule has 176 valence electrons. The number of H-pyrrole nitrogens is 1. The average Bonchev–Trinajstić information content (AvgIpc) is 3.54. The normalized spacial score (nSPS) is 14.0. The molecular formula is C29H31NO4. The number of hydrogen-bond acceptors (Lipinski definition) is 3. The molecule has 0 amide bonds. The van der Waals surface area contributed by atoms with Crippen LogP contribution in [-0.2, 0) is 24.1 Å². The van der Waals surface area contributed by atoms with Crippen molar-refractivity contribution in [3.05, 3.63) is 71.1 Å². The van der Waals surface area contributed by atoms with Crippen LogP contribution in [0.4, 0.5) is 0 Å². The molecule has 2 heterocycles. The molecule has 2 aromatic heterocycles. The van der Waals surface area contributed by atoms with E-state index in [0.717, 1.165) is 68.1 Å². The zero-order valence-electron chi connectivity index (χ0n) is 19.4. The molecule has 0 unspecified atom stereocenters. The topological polar surface area (TPSA) is 83.3 Å². The number of para-hydroxylation sites is 1. The van der Waals surface area contributed by atoms with Gasteiger partial charge >= 0.3 is 5.97 Å². The maximum atomic E-state index is 12.8. The van der Waals surface area contributed by atoms with E-state index in [9.17, 15) is 14.7 Å². The molecule has 1 atom stereocenters. The minimum atomic E-state index is -0.884. The van der Waals surface area contributed by atoms with Crippen molar-refractivity contribution in [2.45, 2.75) is 64.2 Å². The molecule has 2 aromatic carbocycles. The number of carboxylic acid groups (broad SMARTS) is 1. The van der Waals surface area contributed by atoms with Crippen LogP contribution in [0.15, 0.2) is 53.1 Å². The van der Waals surface area contributed by atoms with E-state index in [-0.39, 0.29) is 12.2 Å². The van der Waals surface area contributed by atoms with Crippen molar-refractivity contribution in [2.75, 3.05) is 0 Å². The largest absolute Gasteiger partial charge is 0.481 e. The minimum absolute atomic E-state index is 0.0383. The van der Waals surface area contributed by atoms with E-state index in [1.165, 1.54) is 22.0 Å². The maximum absolute atomic E-state index is 12.8. The van der Waals surface area contributed by atoms with Crippen LogP contribution in [0.3, 0.4) is 0 Å². The van der Waals surface area contributed by atoms with Gasteiger partial charge in [-0.3, -0.25) is 9.59 Å². The summed E-state index contributed by atoms with van der Waals surface area (Å²) >= 11 is 0. The second kappa shape index (κ2) is 9.88. The van der Waals surface area contributed by atoms with Gasteiger partial charge in [0.1, 0.15) is 11.3 Å². The quantitative estimate of drug-likeness (QED) is 0.190. The van der Waals surface area contributed by atoms with E-state index in [1.807, 2.05) is 18.2 Å². The van der Waals surface area contributed by atoms with Gasteiger partial charge in [-0.25, -0.2) is 0 Å². The summed E-state index contributed by atoms with van der Waals surface area (Å²) in [5.74, 6) is -0.610. The number of aliphatic carboxylic acids is 1. The van der Waals surface area contributed by atoms with Gasteiger partial charge in [-0.05, 0) is 49.8 Å². The molecule has 2 N–H and O–H groups in total. The van der Waals surface area contributed by atoms with Crippen LogP contribution in [-0.4, -0.2) is 21.8 Å². The molecule has 0 spiro atoms. The lowest BCUT2D eigenvalue weighted by atomic mass is 9.92. The number of aromatic amines is 1. The van der Waals surface area contributed by atoms with Crippen molar-refractivity contribution in [1.29, 1.82) is 0 Å². The van der Waals surface area contributed by atoms with Crippen LogP contribution in [0.25, 0.3) is 21.9 Å². The van der Waals surface area contributed by atoms with E-state index in [4.69, 9.17) is 4.42 Å². The van der Waals surface area contributed by atoms with E-state index >= 15 is 0 Å². The summed E-state index contributed by atoms with van der Waals surface area (Å²) in [4.78, 5) is 28.0. The standard InChI is InChI=1S/C29H31NO4/c31-26(19-14-15-24-23-11-7-13-27(23)34-28(24)17-19)16-20(29(32)33)8-3-1-2-4-9-21-18-30-25-12-6-5-10-22(21)25/h5-6,10,12,14-15,17-18,20,30H,1-4,7-9,11,13,16H2,(H,32,33)/t20-/m0/s1. The highest BCUT2D eigenvalue weighted by atomic mass is 16.4. The molecule has 34 heavy (non-hydrogen) atoms. The zero-order chi connectivity index (χ0) is 23.5. The number of rotatable bonds is 11. The van der Waals surface area contributed by atoms with Crippen molar-refractivity contribution in [1.82, 2.24) is 4.98 Å². The van der Waals surface area contributed by atoms with Gasteiger partial charge in [-0.2, -0.15) is 0 Å². The first-order valence-electron chi connectivity index (χ1n) is 12.5. The number of nitrogens with one attached hydrogen (secondary N) is 1. The number of fused-ring (bicyclic) bond motifs is 4. The molecule has 0 radical (unpaired) electrons. The van der Waals surface area contributed by atoms with Gasteiger partial charge in [-0.1, -0.05) is 49.6 Å². The predicted molar refractivity (Wildman–Crippen MR) is 133 cm³/mol. The molecule has 4 aromatic rings. The van der Waals surface area contributed by atoms with Crippen molar-refractivity contribution in [3.8, 4) is 0 Å². The number of aryl methyl sites for hydroxylation is 3. The third kappa shape index (κ3) is 4.65. The Morgan fingerprint density at radius 3 is 2.74 bits per heavy atom.